The zero-order valence-electron chi connectivity index (χ0n) is 16.5. The van der Waals surface area contributed by atoms with Gasteiger partial charge in [0, 0.05) is 18.0 Å². The Kier molecular flexibility index (Phi) is 4.54. The fourth-order valence-corrected chi connectivity index (χ4v) is 5.17. The molecule has 1 atom stereocenters. The number of halogens is 3. The van der Waals surface area contributed by atoms with Crippen molar-refractivity contribution < 1.29 is 18.9 Å². The van der Waals surface area contributed by atoms with Crippen LogP contribution in [-0.4, -0.2) is 31.9 Å². The highest BCUT2D eigenvalue weighted by molar-refractivity contribution is 6.68. The van der Waals surface area contributed by atoms with E-state index in [4.69, 9.17) is 53.8 Å². The first kappa shape index (κ1) is 19.7. The minimum atomic E-state index is -1.58. The van der Waals surface area contributed by atoms with Crippen molar-refractivity contribution in [1.29, 1.82) is 0 Å². The third-order valence-electron chi connectivity index (χ3n) is 5.68. The molecule has 5 rings (SSSR count). The predicted molar refractivity (Wildman–Crippen MR) is 120 cm³/mol. The van der Waals surface area contributed by atoms with E-state index < -0.39 is 9.83 Å². The maximum absolute atomic E-state index is 6.49. The number of hydrogen-bond donors (Lipinski definition) is 0. The molecule has 2 heterocycles. The minimum Gasteiger partial charge on any atom is -0.493 e. The summed E-state index contributed by atoms with van der Waals surface area (Å²) in [6.07, 6.45) is 0. The van der Waals surface area contributed by atoms with E-state index in [1.165, 1.54) is 0 Å². The Hall–Kier alpha value is -2.21. The Morgan fingerprint density at radius 2 is 1.60 bits per heavy atom. The lowest BCUT2D eigenvalue weighted by Gasteiger charge is -2.42. The van der Waals surface area contributed by atoms with Crippen LogP contribution in [0.5, 0.6) is 23.0 Å². The van der Waals surface area contributed by atoms with E-state index in [-0.39, 0.29) is 6.79 Å². The summed E-state index contributed by atoms with van der Waals surface area (Å²) in [5.74, 6) is 2.62. The summed E-state index contributed by atoms with van der Waals surface area (Å²) in [7, 11) is 5.12. The van der Waals surface area contributed by atoms with Crippen LogP contribution in [0.3, 0.4) is 0 Å². The van der Waals surface area contributed by atoms with Crippen LogP contribution in [0, 0.1) is 0 Å². The zero-order chi connectivity index (χ0) is 21.2. The van der Waals surface area contributed by atoms with Crippen LogP contribution in [-0.2, 0) is 0 Å². The summed E-state index contributed by atoms with van der Waals surface area (Å²) in [6.45, 7) is 0.209. The van der Waals surface area contributed by atoms with Crippen molar-refractivity contribution in [3.63, 3.8) is 0 Å². The molecule has 0 unspecified atom stereocenters. The summed E-state index contributed by atoms with van der Waals surface area (Å²) in [5.41, 5.74) is 3.73. The molecule has 0 fully saturated rings. The van der Waals surface area contributed by atoms with Gasteiger partial charge in [-0.2, -0.15) is 0 Å². The van der Waals surface area contributed by atoms with Crippen LogP contribution in [0.2, 0.25) is 0 Å². The molecule has 2 aliphatic heterocycles. The molecule has 0 N–H and O–H groups in total. The van der Waals surface area contributed by atoms with Crippen molar-refractivity contribution >= 4 is 51.3 Å². The molecule has 0 aromatic heterocycles. The first-order valence-corrected chi connectivity index (χ1v) is 10.4. The molecular weight excluding hydrogens is 449 g/mol. The highest BCUT2D eigenvalue weighted by atomic mass is 35.6. The maximum atomic E-state index is 6.49. The van der Waals surface area contributed by atoms with Crippen LogP contribution in [0.4, 0.5) is 5.69 Å². The Bertz CT molecular complexity index is 1180. The first-order valence-electron chi connectivity index (χ1n) is 9.25. The van der Waals surface area contributed by atoms with Gasteiger partial charge in [0.25, 0.3) is 0 Å². The molecule has 8 heteroatoms. The number of ether oxygens (including phenoxy) is 4. The number of methoxy groups -OCH3 is 2. The van der Waals surface area contributed by atoms with Crippen molar-refractivity contribution in [2.45, 2.75) is 9.83 Å². The Labute approximate surface area is 188 Å². The van der Waals surface area contributed by atoms with Crippen molar-refractivity contribution in [1.82, 2.24) is 0 Å². The van der Waals surface area contributed by atoms with E-state index in [9.17, 15) is 0 Å². The Balaban J connectivity index is 1.86. The molecule has 5 nitrogen and oxygen atoms in total. The summed E-state index contributed by atoms with van der Waals surface area (Å²) >= 11 is 19.5. The Morgan fingerprint density at radius 1 is 0.933 bits per heavy atom. The van der Waals surface area contributed by atoms with Crippen molar-refractivity contribution in [3.8, 4) is 34.1 Å². The maximum Gasteiger partial charge on any atom is 0.231 e. The molecule has 0 bridgehead atoms. The van der Waals surface area contributed by atoms with E-state index in [1.807, 2.05) is 36.2 Å². The number of alkyl halides is 3. The molecule has 0 aliphatic carbocycles. The van der Waals surface area contributed by atoms with Gasteiger partial charge in [-0.25, -0.2) is 0 Å². The molecular formula is C22H18Cl3NO4. The lowest BCUT2D eigenvalue weighted by Crippen LogP contribution is -2.37. The van der Waals surface area contributed by atoms with Crippen LogP contribution in [0.15, 0.2) is 36.4 Å². The number of fused-ring (bicyclic) bond motifs is 6. The fraction of sp³-hybridized carbons (Fsp3) is 0.273. The highest BCUT2D eigenvalue weighted by Gasteiger charge is 2.43. The minimum absolute atomic E-state index is 0.209. The van der Waals surface area contributed by atoms with Gasteiger partial charge in [0.05, 0.1) is 19.9 Å². The highest BCUT2D eigenvalue weighted by Crippen LogP contribution is 2.56. The summed E-state index contributed by atoms with van der Waals surface area (Å²) < 4.78 is 20.6. The van der Waals surface area contributed by atoms with Gasteiger partial charge in [-0.15, -0.1) is 0 Å². The van der Waals surface area contributed by atoms with Crippen molar-refractivity contribution in [3.05, 3.63) is 42.0 Å². The van der Waals surface area contributed by atoms with E-state index in [1.54, 1.807) is 14.2 Å². The topological polar surface area (TPSA) is 40.2 Å². The van der Waals surface area contributed by atoms with Crippen LogP contribution < -0.4 is 23.8 Å². The molecule has 0 spiro atoms. The first-order chi connectivity index (χ1) is 14.3. The summed E-state index contributed by atoms with van der Waals surface area (Å²) in [4.78, 5) is 2.00. The van der Waals surface area contributed by atoms with Crippen LogP contribution >= 0.6 is 34.8 Å². The number of nitrogens with zero attached hydrogens (tertiary/aromatic N) is 1. The zero-order valence-corrected chi connectivity index (χ0v) is 18.7. The second-order valence-corrected chi connectivity index (χ2v) is 9.61. The third kappa shape index (κ3) is 2.83. The second-order valence-electron chi connectivity index (χ2n) is 7.24. The van der Waals surface area contributed by atoms with Gasteiger partial charge in [0.15, 0.2) is 23.0 Å². The fourth-order valence-electron chi connectivity index (χ4n) is 4.38. The van der Waals surface area contributed by atoms with Crippen LogP contribution in [0.25, 0.3) is 21.9 Å². The molecule has 0 radical (unpaired) electrons. The summed E-state index contributed by atoms with van der Waals surface area (Å²) in [5, 5.41) is 2.00. The molecule has 3 aromatic rings. The van der Waals surface area contributed by atoms with Gasteiger partial charge in [0.1, 0.15) is 6.04 Å². The quantitative estimate of drug-likeness (QED) is 0.426. The van der Waals surface area contributed by atoms with Gasteiger partial charge in [-0.3, -0.25) is 0 Å². The molecule has 0 amide bonds. The molecule has 30 heavy (non-hydrogen) atoms. The monoisotopic (exact) mass is 465 g/mol. The van der Waals surface area contributed by atoms with Crippen molar-refractivity contribution in [2.75, 3.05) is 33.0 Å². The Morgan fingerprint density at radius 3 is 2.27 bits per heavy atom. The number of rotatable bonds is 2. The van der Waals surface area contributed by atoms with E-state index >= 15 is 0 Å². The normalized spacial score (nSPS) is 17.0. The number of hydrogen-bond acceptors (Lipinski definition) is 5. The molecule has 156 valence electrons. The summed E-state index contributed by atoms with van der Waals surface area (Å²) in [6, 6.07) is 11.3. The SMILES string of the molecule is COc1cc2c(cc1OC)[C@H](C(Cl)(Cl)Cl)N(C)c1c-2ccc2cc3c(cc12)OCO3. The largest absolute Gasteiger partial charge is 0.493 e. The number of anilines is 1. The van der Waals surface area contributed by atoms with Gasteiger partial charge >= 0.3 is 0 Å². The molecule has 2 aliphatic rings. The standard InChI is InChI=1S/C22H18Cl3NO4/c1-26-20-12(5-4-11-6-18-19(7-13(11)20)30-10-29-18)14-8-16(27-2)17(28-3)9-15(14)21(26)22(23,24)25/h4-9,21H,10H2,1-3H3/t21-/m1/s1. The van der Waals surface area contributed by atoms with Gasteiger partial charge < -0.3 is 23.8 Å². The second kappa shape index (κ2) is 6.91. The van der Waals surface area contributed by atoms with E-state index in [2.05, 4.69) is 12.1 Å². The molecule has 3 aromatic carbocycles. The van der Waals surface area contributed by atoms with Crippen LogP contribution in [0.1, 0.15) is 11.6 Å². The lowest BCUT2D eigenvalue weighted by atomic mass is 9.86. The van der Waals surface area contributed by atoms with Crippen molar-refractivity contribution in [2.24, 2.45) is 0 Å². The lowest BCUT2D eigenvalue weighted by molar-refractivity contribution is 0.174. The third-order valence-corrected chi connectivity index (χ3v) is 6.30. The predicted octanol–water partition coefficient (Wildman–Crippen LogP) is 6.11. The van der Waals surface area contributed by atoms with Gasteiger partial charge in [-0.1, -0.05) is 46.9 Å². The average Bonchev–Trinajstić information content (AvgIpc) is 3.17. The smallest absolute Gasteiger partial charge is 0.231 e. The average molecular weight is 467 g/mol. The molecule has 0 saturated carbocycles. The molecule has 0 saturated heterocycles. The van der Waals surface area contributed by atoms with E-state index in [0.29, 0.717) is 17.2 Å². The van der Waals surface area contributed by atoms with Gasteiger partial charge in [0.2, 0.25) is 10.6 Å². The van der Waals surface area contributed by atoms with E-state index in [0.717, 1.165) is 38.9 Å². The number of benzene rings is 3. The van der Waals surface area contributed by atoms with Gasteiger partial charge in [-0.05, 0) is 40.8 Å².